The van der Waals surface area contributed by atoms with Crippen molar-refractivity contribution in [3.8, 4) is 11.3 Å². The van der Waals surface area contributed by atoms with Gasteiger partial charge in [-0.2, -0.15) is 0 Å². The van der Waals surface area contributed by atoms with Crippen molar-refractivity contribution < 1.29 is 14.3 Å². The van der Waals surface area contributed by atoms with Crippen LogP contribution in [0.1, 0.15) is 45.8 Å². The van der Waals surface area contributed by atoms with Crippen LogP contribution >= 0.6 is 11.6 Å². The van der Waals surface area contributed by atoms with Gasteiger partial charge in [0.05, 0.1) is 29.1 Å². The molecule has 2 N–H and O–H groups in total. The van der Waals surface area contributed by atoms with Crippen LogP contribution in [0, 0.1) is 19.7 Å². The lowest BCUT2D eigenvalue weighted by Crippen LogP contribution is -2.28. The summed E-state index contributed by atoms with van der Waals surface area (Å²) in [5.74, 6) is -0.745. The van der Waals surface area contributed by atoms with E-state index in [0.717, 1.165) is 5.56 Å². The zero-order valence-electron chi connectivity index (χ0n) is 16.3. The summed E-state index contributed by atoms with van der Waals surface area (Å²) in [6.45, 7) is 5.20. The first-order chi connectivity index (χ1) is 13.8. The minimum Gasteiger partial charge on any atom is -0.392 e. The normalized spacial score (nSPS) is 11.9. The second kappa shape index (κ2) is 8.68. The molecule has 3 aromatic rings. The van der Waals surface area contributed by atoms with E-state index in [1.807, 2.05) is 19.9 Å². The molecule has 1 amide bonds. The van der Waals surface area contributed by atoms with Gasteiger partial charge in [-0.05, 0) is 73.9 Å². The van der Waals surface area contributed by atoms with E-state index in [1.54, 1.807) is 25.3 Å². The van der Waals surface area contributed by atoms with Crippen molar-refractivity contribution in [3.63, 3.8) is 0 Å². The molecule has 0 saturated carbocycles. The highest BCUT2D eigenvalue weighted by Gasteiger charge is 2.17. The molecule has 7 heteroatoms. The van der Waals surface area contributed by atoms with E-state index >= 15 is 0 Å². The topological polar surface area (TPSA) is 75.1 Å². The second-order valence-electron chi connectivity index (χ2n) is 6.92. The molecular formula is C22H21ClFN3O2. The monoisotopic (exact) mass is 413 g/mol. The van der Waals surface area contributed by atoms with Gasteiger partial charge in [-0.15, -0.1) is 0 Å². The molecule has 1 atom stereocenters. The van der Waals surface area contributed by atoms with Crippen LogP contribution in [0.4, 0.5) is 4.39 Å². The van der Waals surface area contributed by atoms with E-state index in [9.17, 15) is 14.3 Å². The molecule has 0 spiro atoms. The van der Waals surface area contributed by atoms with Crippen molar-refractivity contribution in [2.24, 2.45) is 0 Å². The quantitative estimate of drug-likeness (QED) is 0.644. The van der Waals surface area contributed by atoms with Crippen molar-refractivity contribution in [2.45, 2.75) is 33.4 Å². The number of nitrogens with one attached hydrogen (secondary N) is 1. The lowest BCUT2D eigenvalue weighted by atomic mass is 10.0. The van der Waals surface area contributed by atoms with Crippen molar-refractivity contribution in [3.05, 3.63) is 81.5 Å². The summed E-state index contributed by atoms with van der Waals surface area (Å²) in [6, 6.07) is 9.02. The molecule has 150 valence electrons. The Morgan fingerprint density at radius 2 is 1.97 bits per heavy atom. The number of benzene rings is 1. The van der Waals surface area contributed by atoms with E-state index < -0.39 is 5.91 Å². The van der Waals surface area contributed by atoms with Crippen LogP contribution in [0.5, 0.6) is 0 Å². The Labute approximate surface area is 173 Å². The predicted molar refractivity (Wildman–Crippen MR) is 110 cm³/mol. The highest BCUT2D eigenvalue weighted by molar-refractivity contribution is 6.31. The van der Waals surface area contributed by atoms with Gasteiger partial charge in [-0.25, -0.2) is 9.37 Å². The van der Waals surface area contributed by atoms with Gasteiger partial charge in [0.15, 0.2) is 0 Å². The Kier molecular flexibility index (Phi) is 6.25. The zero-order valence-corrected chi connectivity index (χ0v) is 17.1. The highest BCUT2D eigenvalue weighted by atomic mass is 35.5. The number of nitrogens with zero attached hydrogens (tertiary/aromatic N) is 2. The van der Waals surface area contributed by atoms with Crippen LogP contribution in [0.2, 0.25) is 5.02 Å². The number of aryl methyl sites for hydroxylation is 2. The third kappa shape index (κ3) is 4.78. The van der Waals surface area contributed by atoms with Gasteiger partial charge >= 0.3 is 0 Å². The van der Waals surface area contributed by atoms with Crippen LogP contribution in [0.3, 0.4) is 0 Å². The van der Waals surface area contributed by atoms with Gasteiger partial charge in [0.25, 0.3) is 5.91 Å². The van der Waals surface area contributed by atoms with Crippen molar-refractivity contribution in [2.75, 3.05) is 0 Å². The maximum Gasteiger partial charge on any atom is 0.270 e. The number of hydrogen-bond acceptors (Lipinski definition) is 4. The molecule has 1 unspecified atom stereocenters. The SMILES string of the molecule is Cc1cc(C(C)NC(=O)c2cc(CO)cc(-c3ccc(F)cc3C)n2)ncc1Cl. The van der Waals surface area contributed by atoms with E-state index in [1.165, 1.54) is 18.2 Å². The van der Waals surface area contributed by atoms with Gasteiger partial charge in [0.2, 0.25) is 0 Å². The average Bonchev–Trinajstić information content (AvgIpc) is 2.69. The molecule has 0 aliphatic heterocycles. The Morgan fingerprint density at radius 1 is 1.21 bits per heavy atom. The average molecular weight is 414 g/mol. The van der Waals surface area contributed by atoms with Crippen LogP contribution < -0.4 is 5.32 Å². The number of carbonyl (C=O) groups is 1. The molecule has 3 rings (SSSR count). The predicted octanol–water partition coefficient (Wildman–Crippen LogP) is 4.54. The lowest BCUT2D eigenvalue weighted by molar-refractivity contribution is 0.0934. The smallest absolute Gasteiger partial charge is 0.270 e. The maximum absolute atomic E-state index is 13.4. The first-order valence-corrected chi connectivity index (χ1v) is 9.47. The molecule has 29 heavy (non-hydrogen) atoms. The van der Waals surface area contributed by atoms with Gasteiger partial charge in [-0.3, -0.25) is 9.78 Å². The summed E-state index contributed by atoms with van der Waals surface area (Å²) in [5, 5.41) is 13.0. The molecule has 0 bridgehead atoms. The van der Waals surface area contributed by atoms with E-state index in [2.05, 4.69) is 15.3 Å². The molecular weight excluding hydrogens is 393 g/mol. The first kappa shape index (κ1) is 20.9. The van der Waals surface area contributed by atoms with Gasteiger partial charge in [0.1, 0.15) is 11.5 Å². The Hall–Kier alpha value is -2.83. The van der Waals surface area contributed by atoms with Gasteiger partial charge in [0, 0.05) is 11.8 Å². The standard InChI is InChI=1S/C22H21ClFN3O2/c1-12-6-16(24)4-5-17(12)20-8-15(11-28)9-21(27-20)22(29)26-14(3)19-7-13(2)18(23)10-25-19/h4-10,14,28H,11H2,1-3H3,(H,26,29). The number of aliphatic hydroxyl groups is 1. The maximum atomic E-state index is 13.4. The fourth-order valence-electron chi connectivity index (χ4n) is 2.99. The van der Waals surface area contributed by atoms with E-state index in [4.69, 9.17) is 11.6 Å². The summed E-state index contributed by atoms with van der Waals surface area (Å²) in [4.78, 5) is 21.5. The van der Waals surface area contributed by atoms with Crippen molar-refractivity contribution >= 4 is 17.5 Å². The molecule has 2 heterocycles. The summed E-state index contributed by atoms with van der Waals surface area (Å²) in [5.41, 5.74) is 4.12. The van der Waals surface area contributed by atoms with Crippen LogP contribution in [0.25, 0.3) is 11.3 Å². The highest BCUT2D eigenvalue weighted by Crippen LogP contribution is 2.24. The van der Waals surface area contributed by atoms with E-state index in [0.29, 0.717) is 33.1 Å². The summed E-state index contributed by atoms with van der Waals surface area (Å²) >= 11 is 6.01. The third-order valence-corrected chi connectivity index (χ3v) is 5.02. The molecule has 0 saturated heterocycles. The first-order valence-electron chi connectivity index (χ1n) is 9.09. The molecule has 0 radical (unpaired) electrons. The molecule has 5 nitrogen and oxygen atoms in total. The molecule has 1 aromatic carbocycles. The lowest BCUT2D eigenvalue weighted by Gasteiger charge is -2.15. The molecule has 0 aliphatic rings. The van der Waals surface area contributed by atoms with Crippen LogP contribution in [0.15, 0.2) is 42.6 Å². The third-order valence-electron chi connectivity index (χ3n) is 4.62. The van der Waals surface area contributed by atoms with Gasteiger partial charge in [-0.1, -0.05) is 11.6 Å². The number of aliphatic hydroxyl groups excluding tert-OH is 1. The Morgan fingerprint density at radius 3 is 2.62 bits per heavy atom. The van der Waals surface area contributed by atoms with E-state index in [-0.39, 0.29) is 24.2 Å². The molecule has 2 aromatic heterocycles. The number of carbonyl (C=O) groups excluding carboxylic acids is 1. The second-order valence-corrected chi connectivity index (χ2v) is 7.32. The number of rotatable bonds is 5. The Balaban J connectivity index is 1.91. The zero-order chi connectivity index (χ0) is 21.1. The van der Waals surface area contributed by atoms with Crippen molar-refractivity contribution in [1.29, 1.82) is 0 Å². The number of aromatic nitrogens is 2. The minimum absolute atomic E-state index is 0.160. The van der Waals surface area contributed by atoms with Crippen molar-refractivity contribution in [1.82, 2.24) is 15.3 Å². The molecule has 0 aliphatic carbocycles. The van der Waals surface area contributed by atoms with Crippen LogP contribution in [-0.4, -0.2) is 21.0 Å². The number of hydrogen-bond donors (Lipinski definition) is 2. The number of pyridine rings is 2. The van der Waals surface area contributed by atoms with Crippen LogP contribution in [-0.2, 0) is 6.61 Å². The fourth-order valence-corrected chi connectivity index (χ4v) is 3.09. The van der Waals surface area contributed by atoms with Gasteiger partial charge < -0.3 is 10.4 Å². The Bertz CT molecular complexity index is 1070. The fraction of sp³-hybridized carbons (Fsp3) is 0.227. The minimum atomic E-state index is -0.400. The molecule has 0 fully saturated rings. The summed E-state index contributed by atoms with van der Waals surface area (Å²) in [6.07, 6.45) is 1.55. The number of halogens is 2. The number of amides is 1. The summed E-state index contributed by atoms with van der Waals surface area (Å²) < 4.78 is 13.4. The largest absolute Gasteiger partial charge is 0.392 e. The summed E-state index contributed by atoms with van der Waals surface area (Å²) in [7, 11) is 0.